The van der Waals surface area contributed by atoms with Crippen LogP contribution in [0.1, 0.15) is 22.9 Å². The zero-order valence-electron chi connectivity index (χ0n) is 9.96. The minimum atomic E-state index is 0.436. The second kappa shape index (κ2) is 5.99. The van der Waals surface area contributed by atoms with Gasteiger partial charge >= 0.3 is 0 Å². The highest BCUT2D eigenvalue weighted by atomic mass is 32.1. The van der Waals surface area contributed by atoms with Crippen LogP contribution in [0.25, 0.3) is 0 Å². The summed E-state index contributed by atoms with van der Waals surface area (Å²) in [4.78, 5) is 6.16. The molecule has 0 unspecified atom stereocenters. The molecule has 0 aliphatic rings. The predicted molar refractivity (Wildman–Crippen MR) is 72.5 cm³/mol. The van der Waals surface area contributed by atoms with Crippen LogP contribution in [0.3, 0.4) is 0 Å². The molecule has 18 heavy (non-hydrogen) atoms. The van der Waals surface area contributed by atoms with Crippen LogP contribution < -0.4 is 0 Å². The molecular weight excluding hydrogens is 244 g/mol. The molecule has 0 fully saturated rings. The van der Waals surface area contributed by atoms with Crippen molar-refractivity contribution in [2.24, 2.45) is 5.16 Å². The number of benzene rings is 1. The molecule has 1 aromatic heterocycles. The molecule has 0 amide bonds. The van der Waals surface area contributed by atoms with Crippen LogP contribution in [0.2, 0.25) is 0 Å². The van der Waals surface area contributed by atoms with Gasteiger partial charge in [0.05, 0.1) is 16.2 Å². The molecule has 0 N–H and O–H groups in total. The first kappa shape index (κ1) is 12.3. The lowest BCUT2D eigenvalue weighted by Crippen LogP contribution is -1.96. The Morgan fingerprint density at radius 1 is 1.33 bits per heavy atom. The van der Waals surface area contributed by atoms with Gasteiger partial charge in [0.25, 0.3) is 0 Å². The van der Waals surface area contributed by atoms with Gasteiger partial charge in [0.2, 0.25) is 0 Å². The molecule has 0 aliphatic carbocycles. The van der Waals surface area contributed by atoms with Gasteiger partial charge in [0, 0.05) is 0 Å². The summed E-state index contributed by atoms with van der Waals surface area (Å²) in [6.07, 6.45) is 0. The molecule has 0 bridgehead atoms. The molecule has 0 saturated carbocycles. The lowest BCUT2D eigenvalue weighted by Gasteiger charge is -2.01. The molecule has 0 aliphatic heterocycles. The molecule has 0 saturated heterocycles. The van der Waals surface area contributed by atoms with E-state index in [4.69, 9.17) is 10.1 Å². The van der Waals surface area contributed by atoms with Crippen molar-refractivity contribution in [2.45, 2.75) is 13.5 Å². The zero-order valence-corrected chi connectivity index (χ0v) is 10.8. The first-order valence-corrected chi connectivity index (χ1v) is 6.37. The minimum Gasteiger partial charge on any atom is -0.391 e. The molecule has 90 valence electrons. The Bertz CT molecular complexity index is 581. The van der Waals surface area contributed by atoms with E-state index < -0.39 is 0 Å². The Balaban J connectivity index is 2.00. The summed E-state index contributed by atoms with van der Waals surface area (Å²) in [6, 6.07) is 13.8. The summed E-state index contributed by atoms with van der Waals surface area (Å²) in [5.74, 6) is 0. The van der Waals surface area contributed by atoms with E-state index in [1.165, 1.54) is 11.3 Å². The third-order valence-electron chi connectivity index (χ3n) is 2.39. The van der Waals surface area contributed by atoms with E-state index in [0.717, 1.165) is 16.2 Å². The molecule has 2 aromatic rings. The highest BCUT2D eigenvalue weighted by Gasteiger charge is 2.06. The van der Waals surface area contributed by atoms with Crippen molar-refractivity contribution in [3.05, 3.63) is 57.8 Å². The van der Waals surface area contributed by atoms with Crippen LogP contribution >= 0.6 is 11.3 Å². The first-order valence-electron chi connectivity index (χ1n) is 5.49. The van der Waals surface area contributed by atoms with Gasteiger partial charge in [-0.05, 0) is 23.9 Å². The number of hydrogen-bond acceptors (Lipinski definition) is 4. The zero-order chi connectivity index (χ0) is 12.8. The van der Waals surface area contributed by atoms with Gasteiger partial charge in [0.15, 0.2) is 0 Å². The molecule has 0 radical (unpaired) electrons. The quantitative estimate of drug-likeness (QED) is 0.620. The highest BCUT2D eigenvalue weighted by molar-refractivity contribution is 7.12. The van der Waals surface area contributed by atoms with Crippen LogP contribution in [-0.2, 0) is 11.4 Å². The third kappa shape index (κ3) is 2.96. The Morgan fingerprint density at radius 2 is 2.11 bits per heavy atom. The van der Waals surface area contributed by atoms with Gasteiger partial charge in [-0.2, -0.15) is 5.26 Å². The van der Waals surface area contributed by atoms with Crippen molar-refractivity contribution < 1.29 is 4.84 Å². The fourth-order valence-electron chi connectivity index (χ4n) is 1.50. The maximum atomic E-state index is 8.92. The van der Waals surface area contributed by atoms with Crippen molar-refractivity contribution in [1.29, 1.82) is 5.26 Å². The summed E-state index contributed by atoms with van der Waals surface area (Å²) in [6.45, 7) is 2.28. The molecule has 4 heteroatoms. The third-order valence-corrected chi connectivity index (χ3v) is 3.41. The monoisotopic (exact) mass is 256 g/mol. The van der Waals surface area contributed by atoms with E-state index in [9.17, 15) is 0 Å². The topological polar surface area (TPSA) is 45.4 Å². The largest absolute Gasteiger partial charge is 0.391 e. The van der Waals surface area contributed by atoms with Crippen molar-refractivity contribution in [1.82, 2.24) is 0 Å². The SMILES string of the molecule is CC(=NOCc1ccccc1)c1sccc1C#N. The van der Waals surface area contributed by atoms with E-state index in [2.05, 4.69) is 11.2 Å². The van der Waals surface area contributed by atoms with Crippen LogP contribution in [0.4, 0.5) is 0 Å². The number of hydrogen-bond donors (Lipinski definition) is 0. The smallest absolute Gasteiger partial charge is 0.142 e. The normalized spacial score (nSPS) is 11.0. The van der Waals surface area contributed by atoms with Crippen LogP contribution in [-0.4, -0.2) is 5.71 Å². The fourth-order valence-corrected chi connectivity index (χ4v) is 2.29. The van der Waals surface area contributed by atoms with E-state index in [-0.39, 0.29) is 0 Å². The standard InChI is InChI=1S/C14H12N2OS/c1-11(14-13(9-15)7-8-18-14)16-17-10-12-5-3-2-4-6-12/h2-8H,10H2,1H3. The second-order valence-corrected chi connectivity index (χ2v) is 4.63. The van der Waals surface area contributed by atoms with Crippen LogP contribution in [0.5, 0.6) is 0 Å². The second-order valence-electron chi connectivity index (χ2n) is 3.71. The lowest BCUT2D eigenvalue weighted by molar-refractivity contribution is 0.130. The van der Waals surface area contributed by atoms with Crippen molar-refractivity contribution in [3.8, 4) is 6.07 Å². The van der Waals surface area contributed by atoms with E-state index in [1.54, 1.807) is 6.07 Å². The van der Waals surface area contributed by atoms with E-state index in [0.29, 0.717) is 12.2 Å². The minimum absolute atomic E-state index is 0.436. The first-order chi connectivity index (χ1) is 8.81. The highest BCUT2D eigenvalue weighted by Crippen LogP contribution is 2.17. The fraction of sp³-hybridized carbons (Fsp3) is 0.143. The molecule has 1 aromatic carbocycles. The van der Waals surface area contributed by atoms with Gasteiger partial charge in [-0.25, -0.2) is 0 Å². The predicted octanol–water partition coefficient (Wildman–Crippen LogP) is 3.56. The van der Waals surface area contributed by atoms with Crippen molar-refractivity contribution in [2.75, 3.05) is 0 Å². The number of nitriles is 1. The van der Waals surface area contributed by atoms with Gasteiger partial charge in [0.1, 0.15) is 12.7 Å². The Kier molecular flexibility index (Phi) is 4.11. The van der Waals surface area contributed by atoms with Gasteiger partial charge in [-0.15, -0.1) is 11.3 Å². The molecule has 0 atom stereocenters. The molecule has 0 spiro atoms. The van der Waals surface area contributed by atoms with Gasteiger partial charge in [-0.1, -0.05) is 35.5 Å². The summed E-state index contributed by atoms with van der Waals surface area (Å²) < 4.78 is 0. The average Bonchev–Trinajstić information content (AvgIpc) is 2.88. The maximum Gasteiger partial charge on any atom is 0.142 e. The number of rotatable bonds is 4. The van der Waals surface area contributed by atoms with Gasteiger partial charge in [-0.3, -0.25) is 0 Å². The number of nitrogens with zero attached hydrogens (tertiary/aromatic N) is 2. The van der Waals surface area contributed by atoms with Gasteiger partial charge < -0.3 is 4.84 Å². The molecule has 2 rings (SSSR count). The van der Waals surface area contributed by atoms with E-state index >= 15 is 0 Å². The summed E-state index contributed by atoms with van der Waals surface area (Å²) >= 11 is 1.50. The summed E-state index contributed by atoms with van der Waals surface area (Å²) in [5.41, 5.74) is 2.45. The molecular formula is C14H12N2OS. The van der Waals surface area contributed by atoms with Crippen molar-refractivity contribution >= 4 is 17.0 Å². The lowest BCUT2D eigenvalue weighted by atomic mass is 10.2. The summed E-state index contributed by atoms with van der Waals surface area (Å²) in [5, 5.41) is 14.8. The Hall–Kier alpha value is -2.12. The maximum absolute atomic E-state index is 8.92. The molecule has 1 heterocycles. The average molecular weight is 256 g/mol. The number of oxime groups is 1. The van der Waals surface area contributed by atoms with Crippen molar-refractivity contribution in [3.63, 3.8) is 0 Å². The summed E-state index contributed by atoms with van der Waals surface area (Å²) in [7, 11) is 0. The van der Waals surface area contributed by atoms with E-state index in [1.807, 2.05) is 42.6 Å². The van der Waals surface area contributed by atoms with Crippen LogP contribution in [0, 0.1) is 11.3 Å². The number of thiophene rings is 1. The Morgan fingerprint density at radius 3 is 2.83 bits per heavy atom. The molecule has 3 nitrogen and oxygen atoms in total. The Labute approximate surface area is 110 Å². The van der Waals surface area contributed by atoms with Crippen LogP contribution in [0.15, 0.2) is 46.9 Å².